The zero-order valence-electron chi connectivity index (χ0n) is 15.7. The van der Waals surface area contributed by atoms with Gasteiger partial charge in [-0.05, 0) is 36.0 Å². The van der Waals surface area contributed by atoms with E-state index in [1.54, 1.807) is 0 Å². The van der Waals surface area contributed by atoms with Crippen molar-refractivity contribution in [2.75, 3.05) is 52.5 Å². The van der Waals surface area contributed by atoms with Gasteiger partial charge in [0.2, 0.25) is 0 Å². The lowest BCUT2D eigenvalue weighted by molar-refractivity contribution is -0.114. The number of nitrogens with zero attached hydrogens (tertiary/aromatic N) is 2. The first kappa shape index (κ1) is 18.6. The van der Waals surface area contributed by atoms with Gasteiger partial charge in [0.25, 0.3) is 0 Å². The molecule has 4 atom stereocenters. The van der Waals surface area contributed by atoms with Crippen LogP contribution in [0.25, 0.3) is 0 Å². The van der Waals surface area contributed by atoms with Gasteiger partial charge in [-0.2, -0.15) is 0 Å². The van der Waals surface area contributed by atoms with Crippen LogP contribution in [0.1, 0.15) is 40.0 Å². The fourth-order valence-electron chi connectivity index (χ4n) is 5.57. The Kier molecular flexibility index (Phi) is 5.57. The molecule has 0 spiro atoms. The van der Waals surface area contributed by atoms with E-state index in [4.69, 9.17) is 9.84 Å². The van der Waals surface area contributed by atoms with E-state index < -0.39 is 6.10 Å². The molecular weight excluding hydrogens is 304 g/mol. The van der Waals surface area contributed by atoms with Crippen LogP contribution in [0.2, 0.25) is 0 Å². The lowest BCUT2D eigenvalue weighted by Gasteiger charge is -2.43. The van der Waals surface area contributed by atoms with Gasteiger partial charge in [-0.1, -0.05) is 20.8 Å². The van der Waals surface area contributed by atoms with Crippen LogP contribution in [0.5, 0.6) is 0 Å². The van der Waals surface area contributed by atoms with Crippen LogP contribution in [0.15, 0.2) is 0 Å². The summed E-state index contributed by atoms with van der Waals surface area (Å²) in [7, 11) is 0. The number of rotatable bonds is 7. The van der Waals surface area contributed by atoms with Crippen molar-refractivity contribution in [2.24, 2.45) is 16.7 Å². The van der Waals surface area contributed by atoms with Crippen LogP contribution in [-0.2, 0) is 4.74 Å². The average Bonchev–Trinajstić information content (AvgIpc) is 3.00. The van der Waals surface area contributed by atoms with Gasteiger partial charge in [0.05, 0.1) is 25.4 Å². The molecule has 3 aliphatic rings. The molecule has 0 amide bonds. The topological polar surface area (TPSA) is 56.2 Å². The standard InChI is InChI=1S/C19H36N2O3/c1-18(2)15-4-5-19(3,12-15)17(18)24-14-16(23)13-21-8-6-20(7-9-21)10-11-22/h15-17,22-23H,4-14H2,1-3H3/t15-,16-,17-,19+/m1/s1. The normalized spacial score (nSPS) is 37.9. The number of aliphatic hydroxyl groups excluding tert-OH is 2. The Morgan fingerprint density at radius 2 is 1.79 bits per heavy atom. The molecule has 1 heterocycles. The zero-order valence-corrected chi connectivity index (χ0v) is 15.7. The molecule has 5 heteroatoms. The first-order chi connectivity index (χ1) is 11.3. The van der Waals surface area contributed by atoms with E-state index in [1.165, 1.54) is 19.3 Å². The van der Waals surface area contributed by atoms with Crippen molar-refractivity contribution in [3.63, 3.8) is 0 Å². The van der Waals surface area contributed by atoms with Gasteiger partial charge >= 0.3 is 0 Å². The quantitative estimate of drug-likeness (QED) is 0.729. The van der Waals surface area contributed by atoms with E-state index in [9.17, 15) is 5.11 Å². The summed E-state index contributed by atoms with van der Waals surface area (Å²) in [5.41, 5.74) is 0.548. The summed E-state index contributed by atoms with van der Waals surface area (Å²) in [6, 6.07) is 0. The minimum atomic E-state index is -0.409. The third-order valence-electron chi connectivity index (χ3n) is 6.94. The number of fused-ring (bicyclic) bond motifs is 2. The Balaban J connectivity index is 1.42. The maximum Gasteiger partial charge on any atom is 0.0900 e. The summed E-state index contributed by atoms with van der Waals surface area (Å²) in [6.07, 6.45) is 3.76. The molecule has 24 heavy (non-hydrogen) atoms. The molecule has 0 radical (unpaired) electrons. The Morgan fingerprint density at radius 1 is 1.12 bits per heavy atom. The predicted octanol–water partition coefficient (Wildman–Crippen LogP) is 1.19. The van der Waals surface area contributed by atoms with Crippen molar-refractivity contribution < 1.29 is 14.9 Å². The van der Waals surface area contributed by atoms with Gasteiger partial charge in [0.15, 0.2) is 0 Å². The highest BCUT2D eigenvalue weighted by atomic mass is 16.5. The van der Waals surface area contributed by atoms with Crippen LogP contribution >= 0.6 is 0 Å². The maximum atomic E-state index is 10.4. The van der Waals surface area contributed by atoms with E-state index in [-0.39, 0.29) is 18.1 Å². The molecule has 0 aromatic rings. The van der Waals surface area contributed by atoms with Crippen molar-refractivity contribution in [2.45, 2.75) is 52.2 Å². The number of hydrogen-bond donors (Lipinski definition) is 2. The smallest absolute Gasteiger partial charge is 0.0900 e. The number of hydrogen-bond acceptors (Lipinski definition) is 5. The highest BCUT2D eigenvalue weighted by molar-refractivity contribution is 5.09. The monoisotopic (exact) mass is 340 g/mol. The lowest BCUT2D eigenvalue weighted by Crippen LogP contribution is -2.50. The summed E-state index contributed by atoms with van der Waals surface area (Å²) in [5.74, 6) is 0.782. The molecule has 2 bridgehead atoms. The number of ether oxygens (including phenoxy) is 1. The molecule has 3 rings (SSSR count). The molecule has 1 aliphatic heterocycles. The summed E-state index contributed by atoms with van der Waals surface area (Å²) in [5, 5.41) is 19.4. The minimum Gasteiger partial charge on any atom is -0.395 e. The van der Waals surface area contributed by atoms with Crippen molar-refractivity contribution in [3.8, 4) is 0 Å². The van der Waals surface area contributed by atoms with Gasteiger partial charge in [-0.25, -0.2) is 0 Å². The second kappa shape index (κ2) is 7.20. The molecule has 2 N–H and O–H groups in total. The van der Waals surface area contributed by atoms with Crippen LogP contribution in [0.3, 0.4) is 0 Å². The van der Waals surface area contributed by atoms with Gasteiger partial charge in [-0.15, -0.1) is 0 Å². The molecule has 2 aliphatic carbocycles. The fourth-order valence-corrected chi connectivity index (χ4v) is 5.57. The molecule has 3 fully saturated rings. The first-order valence-electron chi connectivity index (χ1n) is 9.70. The Hall–Kier alpha value is -0.200. The molecule has 1 saturated heterocycles. The molecular formula is C19H36N2O3. The number of β-amino-alcohol motifs (C(OH)–C–C–N with tert-alkyl or cyclic N) is 2. The molecule has 140 valence electrons. The minimum absolute atomic E-state index is 0.230. The number of aliphatic hydroxyl groups is 2. The van der Waals surface area contributed by atoms with Gasteiger partial charge < -0.3 is 14.9 Å². The van der Waals surface area contributed by atoms with E-state index in [0.29, 0.717) is 18.6 Å². The van der Waals surface area contributed by atoms with E-state index in [0.717, 1.165) is 38.6 Å². The second-order valence-electron chi connectivity index (χ2n) is 9.15. The molecule has 0 aromatic heterocycles. The highest BCUT2D eigenvalue weighted by Gasteiger charge is 2.60. The second-order valence-corrected chi connectivity index (χ2v) is 9.15. The van der Waals surface area contributed by atoms with Gasteiger partial charge in [0.1, 0.15) is 0 Å². The van der Waals surface area contributed by atoms with Crippen LogP contribution in [0.4, 0.5) is 0 Å². The maximum absolute atomic E-state index is 10.4. The van der Waals surface area contributed by atoms with Crippen molar-refractivity contribution in [1.29, 1.82) is 0 Å². The molecule has 5 nitrogen and oxygen atoms in total. The van der Waals surface area contributed by atoms with E-state index in [1.807, 2.05) is 0 Å². The van der Waals surface area contributed by atoms with Crippen molar-refractivity contribution in [3.05, 3.63) is 0 Å². The predicted molar refractivity (Wildman–Crippen MR) is 94.9 cm³/mol. The zero-order chi connectivity index (χ0) is 17.4. The third-order valence-corrected chi connectivity index (χ3v) is 6.94. The summed E-state index contributed by atoms with van der Waals surface area (Å²) in [4.78, 5) is 4.59. The van der Waals surface area contributed by atoms with E-state index in [2.05, 4.69) is 30.6 Å². The lowest BCUT2D eigenvalue weighted by atomic mass is 9.70. The van der Waals surface area contributed by atoms with Crippen LogP contribution < -0.4 is 0 Å². The van der Waals surface area contributed by atoms with Crippen LogP contribution in [-0.4, -0.2) is 84.7 Å². The summed E-state index contributed by atoms with van der Waals surface area (Å²) >= 11 is 0. The third kappa shape index (κ3) is 3.65. The fraction of sp³-hybridized carbons (Fsp3) is 1.00. The van der Waals surface area contributed by atoms with Gasteiger partial charge in [-0.3, -0.25) is 9.80 Å². The summed E-state index contributed by atoms with van der Waals surface area (Å²) < 4.78 is 6.30. The summed E-state index contributed by atoms with van der Waals surface area (Å²) in [6.45, 7) is 13.1. The molecule has 2 saturated carbocycles. The Bertz CT molecular complexity index is 418. The van der Waals surface area contributed by atoms with Crippen molar-refractivity contribution >= 4 is 0 Å². The van der Waals surface area contributed by atoms with E-state index >= 15 is 0 Å². The highest BCUT2D eigenvalue weighted by Crippen LogP contribution is 2.63. The van der Waals surface area contributed by atoms with Gasteiger partial charge in [0, 0.05) is 39.3 Å². The van der Waals surface area contributed by atoms with Crippen LogP contribution in [0, 0.1) is 16.7 Å². The number of piperazine rings is 1. The first-order valence-corrected chi connectivity index (χ1v) is 9.70. The Morgan fingerprint density at radius 3 is 2.38 bits per heavy atom. The van der Waals surface area contributed by atoms with Crippen molar-refractivity contribution in [1.82, 2.24) is 9.80 Å². The molecule has 0 unspecified atom stereocenters. The molecule has 0 aromatic carbocycles. The largest absolute Gasteiger partial charge is 0.395 e. The average molecular weight is 341 g/mol. The SMILES string of the molecule is CC1(C)[C@@H]2CC[C@@](C)(C2)[C@@H]1OC[C@H](O)CN1CCN(CCO)CC1. The Labute approximate surface area is 147 Å².